The number of anilines is 2. The molecule has 5 nitrogen and oxygen atoms in total. The minimum Gasteiger partial charge on any atom is -0.464 e. The van der Waals surface area contributed by atoms with Gasteiger partial charge in [-0.05, 0) is 12.1 Å². The van der Waals surface area contributed by atoms with Crippen molar-refractivity contribution in [1.29, 1.82) is 0 Å². The maximum Gasteiger partial charge on any atom is 0.358 e. The Morgan fingerprint density at radius 3 is 2.65 bits per heavy atom. The Morgan fingerprint density at radius 1 is 1.35 bits per heavy atom. The summed E-state index contributed by atoms with van der Waals surface area (Å²) in [6, 6.07) is 7.12. The third kappa shape index (κ3) is 2.97. The standard InChI is InChI=1S/C13H11ClN2O3S/c1-7(17)11-10(12(18)19-2)16-13(20-11)15-9-6-4-3-5-8(9)14/h3-6H,1-2H3,(H,15,16). The second-order valence-electron chi connectivity index (χ2n) is 3.85. The van der Waals surface area contributed by atoms with Crippen LogP contribution in [0.25, 0.3) is 0 Å². The second kappa shape index (κ2) is 6.02. The number of aromatic nitrogens is 1. The van der Waals surface area contributed by atoms with Gasteiger partial charge in [-0.1, -0.05) is 35.1 Å². The number of nitrogens with zero attached hydrogens (tertiary/aromatic N) is 1. The number of thiazole rings is 1. The van der Waals surface area contributed by atoms with E-state index in [4.69, 9.17) is 11.6 Å². The van der Waals surface area contributed by atoms with Crippen molar-refractivity contribution >= 4 is 45.5 Å². The molecule has 0 amide bonds. The molecule has 0 atom stereocenters. The van der Waals surface area contributed by atoms with Gasteiger partial charge < -0.3 is 10.1 Å². The molecule has 0 aliphatic heterocycles. The first-order valence-corrected chi connectivity index (χ1v) is 6.84. The van der Waals surface area contributed by atoms with Crippen LogP contribution < -0.4 is 5.32 Å². The lowest BCUT2D eigenvalue weighted by molar-refractivity contribution is 0.0591. The summed E-state index contributed by atoms with van der Waals surface area (Å²) in [4.78, 5) is 27.5. The Balaban J connectivity index is 2.37. The normalized spacial score (nSPS) is 10.2. The predicted octanol–water partition coefficient (Wildman–Crippen LogP) is 3.53. The fraction of sp³-hybridized carbons (Fsp3) is 0.154. The average molecular weight is 311 g/mol. The zero-order chi connectivity index (χ0) is 14.7. The topological polar surface area (TPSA) is 68.3 Å². The van der Waals surface area contributed by atoms with E-state index >= 15 is 0 Å². The zero-order valence-electron chi connectivity index (χ0n) is 10.8. The number of carbonyl (C=O) groups excluding carboxylic acids is 2. The Morgan fingerprint density at radius 2 is 2.05 bits per heavy atom. The highest BCUT2D eigenvalue weighted by molar-refractivity contribution is 7.17. The highest BCUT2D eigenvalue weighted by Crippen LogP contribution is 2.30. The molecule has 0 aliphatic rings. The van der Waals surface area contributed by atoms with Gasteiger partial charge >= 0.3 is 5.97 Å². The molecule has 0 spiro atoms. The van der Waals surface area contributed by atoms with E-state index in [1.54, 1.807) is 18.2 Å². The fourth-order valence-electron chi connectivity index (χ4n) is 1.53. The molecule has 2 rings (SSSR count). The Hall–Kier alpha value is -1.92. The van der Waals surface area contributed by atoms with Crippen LogP contribution in [0.4, 0.5) is 10.8 Å². The number of ketones is 1. The summed E-state index contributed by atoms with van der Waals surface area (Å²) >= 11 is 7.11. The largest absolute Gasteiger partial charge is 0.464 e. The van der Waals surface area contributed by atoms with E-state index in [0.29, 0.717) is 15.8 Å². The smallest absolute Gasteiger partial charge is 0.358 e. The minimum absolute atomic E-state index is 0.0135. The summed E-state index contributed by atoms with van der Waals surface area (Å²) in [7, 11) is 1.24. The molecule has 0 saturated carbocycles. The number of esters is 1. The molecule has 0 aliphatic carbocycles. The van der Waals surface area contributed by atoms with E-state index in [1.165, 1.54) is 14.0 Å². The van der Waals surface area contributed by atoms with E-state index in [2.05, 4.69) is 15.0 Å². The van der Waals surface area contributed by atoms with Crippen LogP contribution in [0.2, 0.25) is 5.02 Å². The number of ether oxygens (including phenoxy) is 1. The highest BCUT2D eigenvalue weighted by Gasteiger charge is 2.22. The average Bonchev–Trinajstić information content (AvgIpc) is 2.85. The van der Waals surface area contributed by atoms with Gasteiger partial charge in [-0.2, -0.15) is 0 Å². The van der Waals surface area contributed by atoms with Crippen LogP contribution in [0.3, 0.4) is 0 Å². The summed E-state index contributed by atoms with van der Waals surface area (Å²) in [6.07, 6.45) is 0. The molecule has 104 valence electrons. The van der Waals surface area contributed by atoms with Crippen molar-refractivity contribution < 1.29 is 14.3 Å². The van der Waals surface area contributed by atoms with Crippen LogP contribution in [0.1, 0.15) is 27.1 Å². The van der Waals surface area contributed by atoms with E-state index in [1.807, 2.05) is 6.07 Å². The monoisotopic (exact) mass is 310 g/mol. The number of Topliss-reactive ketones (excluding diaryl/α,β-unsaturated/α-hetero) is 1. The first-order chi connectivity index (χ1) is 9.52. The van der Waals surface area contributed by atoms with Crippen LogP contribution >= 0.6 is 22.9 Å². The van der Waals surface area contributed by atoms with E-state index in [9.17, 15) is 9.59 Å². The molecule has 1 heterocycles. The molecule has 0 bridgehead atoms. The van der Waals surface area contributed by atoms with Crippen LogP contribution in [0, 0.1) is 0 Å². The quantitative estimate of drug-likeness (QED) is 0.691. The predicted molar refractivity (Wildman–Crippen MR) is 78.2 cm³/mol. The lowest BCUT2D eigenvalue weighted by atomic mass is 10.3. The number of nitrogens with one attached hydrogen (secondary N) is 1. The SMILES string of the molecule is COC(=O)c1nc(Nc2ccccc2Cl)sc1C(C)=O. The molecule has 0 fully saturated rings. The van der Waals surface area contributed by atoms with Gasteiger partial charge in [-0.3, -0.25) is 4.79 Å². The summed E-state index contributed by atoms with van der Waals surface area (Å²) in [5.74, 6) is -0.881. The van der Waals surface area contributed by atoms with Gasteiger partial charge in [-0.25, -0.2) is 9.78 Å². The number of carbonyl (C=O) groups is 2. The van der Waals surface area contributed by atoms with Gasteiger partial charge in [-0.15, -0.1) is 0 Å². The zero-order valence-corrected chi connectivity index (χ0v) is 12.3. The molecule has 0 unspecified atom stereocenters. The number of para-hydroxylation sites is 1. The molecule has 2 aromatic rings. The van der Waals surface area contributed by atoms with Crippen molar-refractivity contribution in [2.24, 2.45) is 0 Å². The first-order valence-electron chi connectivity index (χ1n) is 5.64. The number of halogens is 1. The van der Waals surface area contributed by atoms with Crippen LogP contribution in [0.5, 0.6) is 0 Å². The highest BCUT2D eigenvalue weighted by atomic mass is 35.5. The van der Waals surface area contributed by atoms with Crippen molar-refractivity contribution in [3.05, 3.63) is 39.9 Å². The Labute approximate surface area is 124 Å². The summed E-state index contributed by atoms with van der Waals surface area (Å²) in [5, 5.41) is 3.91. The van der Waals surface area contributed by atoms with Crippen molar-refractivity contribution in [3.63, 3.8) is 0 Å². The third-order valence-electron chi connectivity index (χ3n) is 2.44. The van der Waals surface area contributed by atoms with Gasteiger partial charge in [0.1, 0.15) is 4.88 Å². The Bertz CT molecular complexity index is 669. The van der Waals surface area contributed by atoms with E-state index in [-0.39, 0.29) is 16.4 Å². The number of rotatable bonds is 4. The molecule has 20 heavy (non-hydrogen) atoms. The third-order valence-corrected chi connectivity index (χ3v) is 3.84. The summed E-state index contributed by atoms with van der Waals surface area (Å²) in [6.45, 7) is 1.37. The van der Waals surface area contributed by atoms with Gasteiger partial charge in [0.15, 0.2) is 16.6 Å². The Kier molecular flexibility index (Phi) is 4.36. The minimum atomic E-state index is -0.640. The van der Waals surface area contributed by atoms with Crippen molar-refractivity contribution in [1.82, 2.24) is 4.98 Å². The molecular formula is C13H11ClN2O3S. The molecule has 0 saturated heterocycles. The molecule has 7 heteroatoms. The molecular weight excluding hydrogens is 300 g/mol. The van der Waals surface area contributed by atoms with E-state index < -0.39 is 5.97 Å². The maximum atomic E-state index is 11.6. The summed E-state index contributed by atoms with van der Waals surface area (Å²) in [5.41, 5.74) is 0.661. The number of methoxy groups -OCH3 is 1. The van der Waals surface area contributed by atoms with Crippen LogP contribution in [-0.2, 0) is 4.74 Å². The summed E-state index contributed by atoms with van der Waals surface area (Å²) < 4.78 is 4.61. The maximum absolute atomic E-state index is 11.6. The lowest BCUT2D eigenvalue weighted by Gasteiger charge is -2.03. The van der Waals surface area contributed by atoms with Gasteiger partial charge in [0.2, 0.25) is 0 Å². The second-order valence-corrected chi connectivity index (χ2v) is 5.26. The van der Waals surface area contributed by atoms with Crippen LogP contribution in [-0.4, -0.2) is 23.8 Å². The number of benzene rings is 1. The van der Waals surface area contributed by atoms with Crippen molar-refractivity contribution in [3.8, 4) is 0 Å². The molecule has 0 radical (unpaired) electrons. The van der Waals surface area contributed by atoms with Crippen LogP contribution in [0.15, 0.2) is 24.3 Å². The first kappa shape index (κ1) is 14.5. The number of hydrogen-bond acceptors (Lipinski definition) is 6. The molecule has 1 aromatic heterocycles. The van der Waals surface area contributed by atoms with Crippen molar-refractivity contribution in [2.75, 3.05) is 12.4 Å². The molecule has 1 aromatic carbocycles. The lowest BCUT2D eigenvalue weighted by Crippen LogP contribution is -2.07. The van der Waals surface area contributed by atoms with Gasteiger partial charge in [0.25, 0.3) is 0 Å². The fourth-order valence-corrected chi connectivity index (χ4v) is 2.57. The number of hydrogen-bond donors (Lipinski definition) is 1. The van der Waals surface area contributed by atoms with Gasteiger partial charge in [0.05, 0.1) is 17.8 Å². The molecule has 1 N–H and O–H groups in total. The van der Waals surface area contributed by atoms with Crippen molar-refractivity contribution in [2.45, 2.75) is 6.92 Å². The van der Waals surface area contributed by atoms with E-state index in [0.717, 1.165) is 11.3 Å². The van der Waals surface area contributed by atoms with Gasteiger partial charge in [0, 0.05) is 6.92 Å².